The van der Waals surface area contributed by atoms with Crippen molar-refractivity contribution in [2.45, 2.75) is 0 Å². The molecule has 0 bridgehead atoms. The number of hydrogen-bond donors (Lipinski definition) is 1. The highest BCUT2D eigenvalue weighted by molar-refractivity contribution is 5.89. The Bertz CT molecular complexity index is 1410. The molecule has 0 aliphatic heterocycles. The lowest BCUT2D eigenvalue weighted by Gasteiger charge is -2.13. The van der Waals surface area contributed by atoms with Gasteiger partial charge in [0.1, 0.15) is 49.4 Å². The van der Waals surface area contributed by atoms with Crippen LogP contribution < -0.4 is 18.9 Å². The summed E-state index contributed by atoms with van der Waals surface area (Å²) in [5, 5.41) is 13.8. The number of rotatable bonds is 11. The Morgan fingerprint density at radius 3 is 1.46 bits per heavy atom. The van der Waals surface area contributed by atoms with Gasteiger partial charge in [-0.2, -0.15) is 0 Å². The predicted molar refractivity (Wildman–Crippen MR) is 143 cm³/mol. The molecule has 0 unspecified atom stereocenters. The number of hydrogen-bond acceptors (Lipinski definition) is 5. The van der Waals surface area contributed by atoms with Crippen molar-refractivity contribution in [1.29, 1.82) is 0 Å². The van der Waals surface area contributed by atoms with Gasteiger partial charge in [-0.1, -0.05) is 72.8 Å². The lowest BCUT2D eigenvalue weighted by Crippen LogP contribution is -2.11. The average molecular weight is 495 g/mol. The molecule has 6 heteroatoms. The van der Waals surface area contributed by atoms with Crippen LogP contribution in [0, 0.1) is 0 Å². The highest BCUT2D eigenvalue weighted by Crippen LogP contribution is 2.27. The number of carboxylic acid groups (broad SMARTS) is 1. The first-order chi connectivity index (χ1) is 18.2. The van der Waals surface area contributed by atoms with E-state index in [1.54, 1.807) is 6.07 Å². The fraction of sp³-hybridized carbons (Fsp3) is 0.129. The zero-order valence-electron chi connectivity index (χ0n) is 20.1. The van der Waals surface area contributed by atoms with Crippen molar-refractivity contribution >= 4 is 27.5 Å². The molecule has 0 aromatic heterocycles. The summed E-state index contributed by atoms with van der Waals surface area (Å²) in [5.74, 6) is 1.28. The number of benzene rings is 5. The molecule has 0 aliphatic rings. The van der Waals surface area contributed by atoms with E-state index in [9.17, 15) is 9.90 Å². The summed E-state index contributed by atoms with van der Waals surface area (Å²) in [5.41, 5.74) is 0.0810. The van der Waals surface area contributed by atoms with Gasteiger partial charge in [0.05, 0.1) is 5.56 Å². The Kier molecular flexibility index (Phi) is 7.36. The highest BCUT2D eigenvalue weighted by atomic mass is 16.5. The third kappa shape index (κ3) is 5.93. The predicted octanol–water partition coefficient (Wildman–Crippen LogP) is 6.61. The lowest BCUT2D eigenvalue weighted by molar-refractivity contribution is 0.0695. The SMILES string of the molecule is O=C(O)c1cc(OCCOc2cccc3ccccc23)cc(OCCOc2cccc3ccccc23)c1. The Labute approximate surface area is 214 Å². The van der Waals surface area contributed by atoms with Crippen LogP contribution >= 0.6 is 0 Å². The van der Waals surface area contributed by atoms with Crippen molar-refractivity contribution in [3.63, 3.8) is 0 Å². The van der Waals surface area contributed by atoms with Crippen molar-refractivity contribution in [2.75, 3.05) is 26.4 Å². The van der Waals surface area contributed by atoms with Crippen LogP contribution in [0.1, 0.15) is 10.4 Å². The molecular formula is C31H26O6. The van der Waals surface area contributed by atoms with Crippen molar-refractivity contribution in [1.82, 2.24) is 0 Å². The summed E-state index contributed by atoms with van der Waals surface area (Å²) in [4.78, 5) is 11.6. The van der Waals surface area contributed by atoms with Gasteiger partial charge in [-0.05, 0) is 35.0 Å². The Morgan fingerprint density at radius 1 is 0.541 bits per heavy atom. The van der Waals surface area contributed by atoms with Crippen LogP contribution in [-0.4, -0.2) is 37.5 Å². The molecule has 0 atom stereocenters. The minimum atomic E-state index is -1.06. The van der Waals surface area contributed by atoms with Crippen molar-refractivity contribution in [2.24, 2.45) is 0 Å². The highest BCUT2D eigenvalue weighted by Gasteiger charge is 2.10. The van der Waals surface area contributed by atoms with E-state index < -0.39 is 5.97 Å². The second-order valence-electron chi connectivity index (χ2n) is 8.35. The van der Waals surface area contributed by atoms with E-state index in [1.165, 1.54) is 12.1 Å². The minimum Gasteiger partial charge on any atom is -0.490 e. The zero-order chi connectivity index (χ0) is 25.5. The Morgan fingerprint density at radius 2 is 0.973 bits per heavy atom. The molecule has 0 saturated carbocycles. The van der Waals surface area contributed by atoms with Gasteiger partial charge >= 0.3 is 5.97 Å². The summed E-state index contributed by atoms with van der Waals surface area (Å²) in [7, 11) is 0. The van der Waals surface area contributed by atoms with Gasteiger partial charge < -0.3 is 24.1 Å². The fourth-order valence-corrected chi connectivity index (χ4v) is 4.13. The number of carbonyl (C=O) groups is 1. The first-order valence-electron chi connectivity index (χ1n) is 12.0. The third-order valence-electron chi connectivity index (χ3n) is 5.85. The molecule has 1 N–H and O–H groups in total. The second kappa shape index (κ2) is 11.4. The van der Waals surface area contributed by atoms with E-state index in [4.69, 9.17) is 18.9 Å². The number of aromatic carboxylic acids is 1. The van der Waals surface area contributed by atoms with Crippen LogP contribution in [0.2, 0.25) is 0 Å². The molecule has 0 fully saturated rings. The number of ether oxygens (including phenoxy) is 4. The molecule has 37 heavy (non-hydrogen) atoms. The summed E-state index contributed by atoms with van der Waals surface area (Å²) in [6, 6.07) is 32.4. The van der Waals surface area contributed by atoms with Crippen LogP contribution in [-0.2, 0) is 0 Å². The standard InChI is InChI=1S/C31H26O6/c32-31(33)24-19-25(34-15-17-36-29-13-5-9-22-7-1-3-11-27(22)29)21-26(20-24)35-16-18-37-30-14-6-10-23-8-2-4-12-28(23)30/h1-14,19-21H,15-18H2,(H,32,33). The first-order valence-corrected chi connectivity index (χ1v) is 12.0. The maximum Gasteiger partial charge on any atom is 0.335 e. The van der Waals surface area contributed by atoms with Crippen molar-refractivity contribution < 1.29 is 28.8 Å². The lowest BCUT2D eigenvalue weighted by atomic mass is 10.1. The average Bonchev–Trinajstić information content (AvgIpc) is 2.93. The molecule has 0 radical (unpaired) electrons. The minimum absolute atomic E-state index is 0.0810. The van der Waals surface area contributed by atoms with Gasteiger partial charge in [0, 0.05) is 16.8 Å². The smallest absolute Gasteiger partial charge is 0.335 e. The van der Waals surface area contributed by atoms with Gasteiger partial charge in [0.25, 0.3) is 0 Å². The van der Waals surface area contributed by atoms with Crippen LogP contribution in [0.15, 0.2) is 103 Å². The monoisotopic (exact) mass is 494 g/mol. The Balaban J connectivity index is 1.17. The molecule has 6 nitrogen and oxygen atoms in total. The van der Waals surface area contributed by atoms with Crippen LogP contribution in [0.4, 0.5) is 0 Å². The quantitative estimate of drug-likeness (QED) is 0.208. The maximum absolute atomic E-state index is 11.6. The summed E-state index contributed by atoms with van der Waals surface area (Å²) in [6.45, 7) is 1.10. The fourth-order valence-electron chi connectivity index (χ4n) is 4.13. The van der Waals surface area contributed by atoms with Crippen molar-refractivity contribution in [3.05, 3.63) is 109 Å². The second-order valence-corrected chi connectivity index (χ2v) is 8.35. The molecule has 5 aromatic rings. The molecule has 0 saturated heterocycles. The van der Waals surface area contributed by atoms with Gasteiger partial charge in [0.2, 0.25) is 0 Å². The van der Waals surface area contributed by atoms with Crippen LogP contribution in [0.25, 0.3) is 21.5 Å². The molecule has 186 valence electrons. The molecule has 0 aliphatic carbocycles. The number of fused-ring (bicyclic) bond motifs is 2. The van der Waals surface area contributed by atoms with Gasteiger partial charge in [0.15, 0.2) is 0 Å². The van der Waals surface area contributed by atoms with E-state index in [0.29, 0.717) is 24.7 Å². The first kappa shape index (κ1) is 24.0. The van der Waals surface area contributed by atoms with Crippen LogP contribution in [0.5, 0.6) is 23.0 Å². The molecule has 5 rings (SSSR count). The number of carboxylic acids is 1. The summed E-state index contributed by atoms with van der Waals surface area (Å²) in [6.07, 6.45) is 0. The van der Waals surface area contributed by atoms with Gasteiger partial charge in [-0.15, -0.1) is 0 Å². The van der Waals surface area contributed by atoms with Gasteiger partial charge in [-0.25, -0.2) is 4.79 Å². The molecule has 0 amide bonds. The van der Waals surface area contributed by atoms with E-state index in [0.717, 1.165) is 33.0 Å². The zero-order valence-corrected chi connectivity index (χ0v) is 20.1. The molecule has 0 spiro atoms. The molecule has 5 aromatic carbocycles. The van der Waals surface area contributed by atoms with Crippen molar-refractivity contribution in [3.8, 4) is 23.0 Å². The van der Waals surface area contributed by atoms with E-state index in [1.807, 2.05) is 84.9 Å². The van der Waals surface area contributed by atoms with E-state index >= 15 is 0 Å². The topological polar surface area (TPSA) is 74.2 Å². The summed E-state index contributed by atoms with van der Waals surface area (Å²) < 4.78 is 23.4. The third-order valence-corrected chi connectivity index (χ3v) is 5.85. The summed E-state index contributed by atoms with van der Waals surface area (Å²) >= 11 is 0. The molecule has 0 heterocycles. The van der Waals surface area contributed by atoms with E-state index in [2.05, 4.69) is 0 Å². The van der Waals surface area contributed by atoms with Crippen LogP contribution in [0.3, 0.4) is 0 Å². The largest absolute Gasteiger partial charge is 0.490 e. The van der Waals surface area contributed by atoms with Gasteiger partial charge in [-0.3, -0.25) is 0 Å². The Hall–Kier alpha value is -4.71. The normalized spacial score (nSPS) is 10.8. The maximum atomic E-state index is 11.6. The molecular weight excluding hydrogens is 468 g/mol. The van der Waals surface area contributed by atoms with E-state index in [-0.39, 0.29) is 18.8 Å².